The van der Waals surface area contributed by atoms with Gasteiger partial charge >= 0.3 is 0 Å². The minimum absolute atomic E-state index is 0.569. The molecule has 32 valence electrons. The highest BCUT2D eigenvalue weighted by atomic mass is 32.1. The maximum absolute atomic E-state index is 7.06. The van der Waals surface area contributed by atoms with Crippen LogP contribution in [0.25, 0.3) is 0 Å². The van der Waals surface area contributed by atoms with Gasteiger partial charge in [0.2, 0.25) is 0 Å². The van der Waals surface area contributed by atoms with Gasteiger partial charge in [0.15, 0.2) is 0 Å². The molecule has 0 aliphatic heterocycles. The van der Waals surface area contributed by atoms with E-state index in [0.717, 1.165) is 5.69 Å². The summed E-state index contributed by atoms with van der Waals surface area (Å²) in [6, 6.07) is 0. The van der Waals surface area contributed by atoms with Gasteiger partial charge in [-0.05, 0) is 6.92 Å². The lowest BCUT2D eigenvalue weighted by Crippen LogP contribution is -1.59. The average Bonchev–Trinajstić information content (AvgIpc) is 1.91. The van der Waals surface area contributed by atoms with Gasteiger partial charge in [0, 0.05) is 11.1 Å². The first-order chi connectivity index (χ1) is 3.30. The molecular formula is C4H5NS. The van der Waals surface area contributed by atoms with Crippen LogP contribution in [-0.4, -0.2) is 4.98 Å². The number of hydrogen-bond donors (Lipinski definition) is 0. The lowest BCUT2D eigenvalue weighted by molar-refractivity contribution is 1.27. The molecule has 0 aromatic carbocycles. The topological polar surface area (TPSA) is 12.9 Å². The van der Waals surface area contributed by atoms with E-state index < -0.39 is 0 Å². The van der Waals surface area contributed by atoms with Crippen molar-refractivity contribution in [2.24, 2.45) is 0 Å². The average molecular weight is 100 g/mol. The lowest BCUT2D eigenvalue weighted by Gasteiger charge is -1.64. The molecule has 0 amide bonds. The molecule has 1 aromatic rings. The summed E-state index contributed by atoms with van der Waals surface area (Å²) >= 11 is 1.36. The molecule has 2 heteroatoms. The van der Waals surface area contributed by atoms with Crippen molar-refractivity contribution < 1.29 is 1.37 Å². The Labute approximate surface area is 42.1 Å². The van der Waals surface area contributed by atoms with E-state index in [9.17, 15) is 0 Å². The Kier molecular flexibility index (Phi) is 0.635. The third-order valence-corrected chi connectivity index (χ3v) is 1.13. The normalized spacial score (nSPS) is 11.2. The Balaban J connectivity index is 3.12. The van der Waals surface area contributed by atoms with Crippen LogP contribution in [0.15, 0.2) is 10.9 Å². The van der Waals surface area contributed by atoms with E-state index in [1.54, 1.807) is 5.51 Å². The number of aryl methyl sites for hydroxylation is 1. The molecule has 0 N–H and O–H groups in total. The first-order valence-electron chi connectivity index (χ1n) is 2.17. The fraction of sp³-hybridized carbons (Fsp3) is 0.250. The quantitative estimate of drug-likeness (QED) is 0.481. The molecule has 0 radical (unpaired) electrons. The monoisotopic (exact) mass is 100 g/mol. The first-order valence-corrected chi connectivity index (χ1v) is 2.55. The molecule has 0 spiro atoms. The van der Waals surface area contributed by atoms with Crippen LogP contribution in [0.2, 0.25) is 0 Å². The zero-order chi connectivity index (χ0) is 5.28. The third kappa shape index (κ3) is 0.571. The predicted octanol–water partition coefficient (Wildman–Crippen LogP) is 1.45. The van der Waals surface area contributed by atoms with Crippen molar-refractivity contribution in [2.45, 2.75) is 6.92 Å². The number of rotatable bonds is 0. The molecule has 0 bridgehead atoms. The van der Waals surface area contributed by atoms with Crippen LogP contribution < -0.4 is 0 Å². The first kappa shape index (κ1) is 2.75. The predicted molar refractivity (Wildman–Crippen MR) is 26.9 cm³/mol. The SMILES string of the molecule is [2H]c1scnc1C. The van der Waals surface area contributed by atoms with Crippen molar-refractivity contribution in [3.63, 3.8) is 0 Å². The Hall–Kier alpha value is -0.370. The summed E-state index contributed by atoms with van der Waals surface area (Å²) in [5.74, 6) is 0. The largest absolute Gasteiger partial charge is 0.250 e. The smallest absolute Gasteiger partial charge is 0.0794 e. The Morgan fingerprint density at radius 3 is 3.17 bits per heavy atom. The maximum Gasteiger partial charge on any atom is 0.0794 e. The Bertz CT molecular complexity index is 144. The van der Waals surface area contributed by atoms with E-state index in [4.69, 9.17) is 1.37 Å². The van der Waals surface area contributed by atoms with E-state index in [1.807, 2.05) is 6.92 Å². The molecule has 1 aromatic heterocycles. The molecule has 0 saturated heterocycles. The minimum Gasteiger partial charge on any atom is -0.250 e. The fourth-order valence-corrected chi connectivity index (χ4v) is 0.730. The maximum atomic E-state index is 7.06. The van der Waals surface area contributed by atoms with Gasteiger partial charge < -0.3 is 0 Å². The number of aromatic nitrogens is 1. The van der Waals surface area contributed by atoms with E-state index in [1.165, 1.54) is 11.3 Å². The van der Waals surface area contributed by atoms with Crippen LogP contribution in [0.3, 0.4) is 0 Å². The standard InChI is InChI=1S/C4H5NS/c1-4-2-6-3-5-4/h2-3H,1H3/i2D. The second-order valence-corrected chi connectivity index (χ2v) is 1.69. The second kappa shape index (κ2) is 1.39. The van der Waals surface area contributed by atoms with Crippen LogP contribution in [-0.2, 0) is 0 Å². The lowest BCUT2D eigenvalue weighted by atomic mass is 10.6. The van der Waals surface area contributed by atoms with Crippen LogP contribution >= 0.6 is 11.3 Å². The molecule has 6 heavy (non-hydrogen) atoms. The van der Waals surface area contributed by atoms with Crippen molar-refractivity contribution in [1.29, 1.82) is 0 Å². The van der Waals surface area contributed by atoms with Crippen molar-refractivity contribution in [1.82, 2.24) is 4.98 Å². The van der Waals surface area contributed by atoms with Gasteiger partial charge in [0.1, 0.15) is 0 Å². The summed E-state index contributed by atoms with van der Waals surface area (Å²) < 4.78 is 7.06. The zero-order valence-corrected chi connectivity index (χ0v) is 4.25. The van der Waals surface area contributed by atoms with Gasteiger partial charge in [-0.3, -0.25) is 4.98 Å². The van der Waals surface area contributed by atoms with E-state index in [-0.39, 0.29) is 0 Å². The summed E-state index contributed by atoms with van der Waals surface area (Å²) in [6.45, 7) is 1.83. The Morgan fingerprint density at radius 2 is 3.00 bits per heavy atom. The van der Waals surface area contributed by atoms with E-state index >= 15 is 0 Å². The summed E-state index contributed by atoms with van der Waals surface area (Å²) in [5.41, 5.74) is 2.50. The number of nitrogens with zero attached hydrogens (tertiary/aromatic N) is 1. The van der Waals surface area contributed by atoms with Gasteiger partial charge in [0.05, 0.1) is 6.88 Å². The molecule has 0 aliphatic rings. The van der Waals surface area contributed by atoms with Gasteiger partial charge in [0.25, 0.3) is 0 Å². The summed E-state index contributed by atoms with van der Waals surface area (Å²) in [5, 5.41) is 0.569. The van der Waals surface area contributed by atoms with Crippen molar-refractivity contribution in [3.8, 4) is 0 Å². The summed E-state index contributed by atoms with van der Waals surface area (Å²) in [4.78, 5) is 3.85. The van der Waals surface area contributed by atoms with Gasteiger partial charge in [-0.2, -0.15) is 0 Å². The van der Waals surface area contributed by atoms with Gasteiger partial charge in [-0.1, -0.05) is 0 Å². The molecule has 1 heterocycles. The van der Waals surface area contributed by atoms with Crippen molar-refractivity contribution >= 4 is 11.3 Å². The Morgan fingerprint density at radius 1 is 2.17 bits per heavy atom. The highest BCUT2D eigenvalue weighted by Gasteiger charge is 1.76. The number of thiazole rings is 1. The van der Waals surface area contributed by atoms with Crippen LogP contribution in [0.1, 0.15) is 7.06 Å². The summed E-state index contributed by atoms with van der Waals surface area (Å²) in [6.07, 6.45) is 0. The molecule has 1 rings (SSSR count). The molecule has 0 saturated carbocycles. The van der Waals surface area contributed by atoms with Crippen molar-refractivity contribution in [2.75, 3.05) is 0 Å². The van der Waals surface area contributed by atoms with E-state index in [2.05, 4.69) is 4.98 Å². The highest BCUT2D eigenvalue weighted by Crippen LogP contribution is 1.95. The fourth-order valence-electron chi connectivity index (χ4n) is 0.243. The second-order valence-electron chi connectivity index (χ2n) is 1.04. The third-order valence-electron chi connectivity index (χ3n) is 0.506. The molecule has 0 atom stereocenters. The molecular weight excluding hydrogens is 94.1 g/mol. The molecule has 0 aliphatic carbocycles. The zero-order valence-electron chi connectivity index (χ0n) is 4.43. The van der Waals surface area contributed by atoms with Crippen molar-refractivity contribution in [3.05, 3.63) is 16.6 Å². The van der Waals surface area contributed by atoms with Crippen LogP contribution in [0.4, 0.5) is 0 Å². The number of hydrogen-bond acceptors (Lipinski definition) is 2. The van der Waals surface area contributed by atoms with Gasteiger partial charge in [-0.25, -0.2) is 0 Å². The molecule has 0 fully saturated rings. The van der Waals surface area contributed by atoms with Crippen LogP contribution in [0, 0.1) is 6.92 Å². The minimum atomic E-state index is 0.569. The van der Waals surface area contributed by atoms with Gasteiger partial charge in [-0.15, -0.1) is 11.3 Å². The van der Waals surface area contributed by atoms with Crippen LogP contribution in [0.5, 0.6) is 0 Å². The van der Waals surface area contributed by atoms with E-state index in [0.29, 0.717) is 5.36 Å². The summed E-state index contributed by atoms with van der Waals surface area (Å²) in [7, 11) is 0. The highest BCUT2D eigenvalue weighted by molar-refractivity contribution is 7.07. The molecule has 1 nitrogen and oxygen atoms in total. The molecule has 0 unspecified atom stereocenters.